The van der Waals surface area contributed by atoms with Crippen molar-refractivity contribution in [2.24, 2.45) is 0 Å². The first kappa shape index (κ1) is 16.2. The van der Waals surface area contributed by atoms with E-state index in [1.54, 1.807) is 0 Å². The van der Waals surface area contributed by atoms with E-state index >= 15 is 0 Å². The summed E-state index contributed by atoms with van der Waals surface area (Å²) in [7, 11) is -4.08. The second kappa shape index (κ2) is 6.49. The van der Waals surface area contributed by atoms with Crippen molar-refractivity contribution in [3.8, 4) is 0 Å². The van der Waals surface area contributed by atoms with Gasteiger partial charge in [0.2, 0.25) is 0 Å². The van der Waals surface area contributed by atoms with Crippen LogP contribution in [0.15, 0.2) is 0 Å². The van der Waals surface area contributed by atoms with E-state index in [1.807, 2.05) is 0 Å². The van der Waals surface area contributed by atoms with Gasteiger partial charge in [-0.3, -0.25) is 0 Å². The zero-order valence-electron chi connectivity index (χ0n) is 3.66. The minimum Gasteiger partial charge on any atom is -0.423 e. The molecule has 0 fully saturated rings. The Kier molecular flexibility index (Phi) is 13.1. The highest BCUT2D eigenvalue weighted by Gasteiger charge is 2.05. The van der Waals surface area contributed by atoms with Crippen LogP contribution in [0.5, 0.6) is 0 Å². The fraction of sp³-hybridized carbons (Fsp3) is 0. The molecule has 0 saturated carbocycles. The molecule has 0 atom stereocenters. The summed E-state index contributed by atoms with van der Waals surface area (Å²) < 4.78 is 13.2. The number of hydrogen-bond donors (Lipinski definition) is 2. The average molecular weight is 170 g/mol. The predicted octanol–water partition coefficient (Wildman–Crippen LogP) is -3.10. The highest BCUT2D eigenvalue weighted by Crippen LogP contribution is 2.33. The molecular formula is H8AlMgO5P. The molecule has 0 aliphatic heterocycles. The molecule has 8 heteroatoms. The molecule has 0 amide bonds. The number of hydrogen-bond acceptors (Lipinski definition) is 2. The van der Waals surface area contributed by atoms with Crippen molar-refractivity contribution >= 4 is 47.5 Å². The molecule has 0 rings (SSSR count). The lowest BCUT2D eigenvalue weighted by Crippen LogP contribution is -1.78. The van der Waals surface area contributed by atoms with Gasteiger partial charge in [-0.1, -0.05) is 0 Å². The first-order chi connectivity index (χ1) is 2.56. The average Bonchev–Trinajstić information content (AvgIpc) is 1.35. The van der Waals surface area contributed by atoms with Gasteiger partial charge in [-0.2, -0.15) is 0 Å². The van der Waals surface area contributed by atoms with Crippen LogP contribution < -0.4 is 0 Å². The van der Waals surface area contributed by atoms with Gasteiger partial charge in [-0.25, -0.2) is 4.57 Å². The van der Waals surface area contributed by atoms with Crippen molar-refractivity contribution < 1.29 is 23.4 Å². The number of phosphoric acid groups is 1. The van der Waals surface area contributed by atoms with Gasteiger partial charge in [0.1, 0.15) is 0 Å². The lowest BCUT2D eigenvalue weighted by atomic mass is 15.7. The Balaban J connectivity index is -0.000000125. The molecule has 8 heavy (non-hydrogen) atoms. The number of rotatable bonds is 1. The topological polar surface area (TPSA) is 98.3 Å². The zero-order valence-corrected chi connectivity index (χ0v) is 6.55. The minimum atomic E-state index is -4.08. The van der Waals surface area contributed by atoms with Crippen LogP contribution in [0.3, 0.4) is 0 Å². The van der Waals surface area contributed by atoms with Crippen molar-refractivity contribution in [3.63, 3.8) is 0 Å². The molecule has 0 heterocycles. The Hall–Kier alpha value is 1.37. The van der Waals surface area contributed by atoms with Gasteiger partial charge in [0.15, 0.2) is 0 Å². The zero-order chi connectivity index (χ0) is 5.21. The van der Waals surface area contributed by atoms with Gasteiger partial charge in [-0.05, 0) is 0 Å². The summed E-state index contributed by atoms with van der Waals surface area (Å²) in [5.74, 6) is 0. The van der Waals surface area contributed by atoms with E-state index in [0.717, 1.165) is 0 Å². The monoisotopic (exact) mass is 170 g/mol. The Labute approximate surface area is 70.9 Å². The first-order valence-electron chi connectivity index (χ1n) is 1.17. The maximum Gasteiger partial charge on any atom is 0.441 e. The summed E-state index contributed by atoms with van der Waals surface area (Å²) in [4.78, 5) is 15.5. The van der Waals surface area contributed by atoms with E-state index in [9.17, 15) is 4.57 Å². The molecule has 0 radical (unpaired) electrons. The van der Waals surface area contributed by atoms with Crippen molar-refractivity contribution in [1.29, 1.82) is 0 Å². The highest BCUT2D eigenvalue weighted by molar-refractivity contribution is 7.47. The highest BCUT2D eigenvalue weighted by atomic mass is 31.2. The molecule has 0 aliphatic carbocycles. The third kappa shape index (κ3) is 15.7. The van der Waals surface area contributed by atoms with Crippen LogP contribution in [0.1, 0.15) is 0 Å². The van der Waals surface area contributed by atoms with Gasteiger partial charge >= 0.3 is 47.5 Å². The van der Waals surface area contributed by atoms with Gasteiger partial charge in [0.25, 0.3) is 0 Å². The van der Waals surface area contributed by atoms with Gasteiger partial charge in [-0.15, -0.1) is 0 Å². The molecule has 0 aromatic carbocycles. The Bertz CT molecular complexity index is 76.5. The minimum absolute atomic E-state index is 0. The van der Waals surface area contributed by atoms with E-state index in [2.05, 4.69) is 3.58 Å². The van der Waals surface area contributed by atoms with Crippen LogP contribution in [0.4, 0.5) is 0 Å². The van der Waals surface area contributed by atoms with Gasteiger partial charge in [0.05, 0.1) is 0 Å². The maximum atomic E-state index is 9.51. The Morgan fingerprint density at radius 2 is 1.62 bits per heavy atom. The molecule has 0 aromatic rings. The summed E-state index contributed by atoms with van der Waals surface area (Å²) in [6, 6.07) is 0. The van der Waals surface area contributed by atoms with E-state index in [-0.39, 0.29) is 45.2 Å². The van der Waals surface area contributed by atoms with Crippen LogP contribution >= 0.6 is 7.82 Å². The van der Waals surface area contributed by atoms with Crippen LogP contribution in [0.2, 0.25) is 0 Å². The van der Waals surface area contributed by atoms with Crippen LogP contribution in [-0.4, -0.2) is 54.9 Å². The van der Waals surface area contributed by atoms with Crippen molar-refractivity contribution in [2.45, 2.75) is 0 Å². The lowest BCUT2D eigenvalue weighted by Gasteiger charge is -1.96. The van der Waals surface area contributed by atoms with Crippen LogP contribution in [0, 0.1) is 0 Å². The van der Waals surface area contributed by atoms with Crippen LogP contribution in [-0.2, 0) is 8.14 Å². The largest absolute Gasteiger partial charge is 0.441 e. The normalized spacial score (nSPS) is 8.75. The third-order valence-electron chi connectivity index (χ3n) is 0.238. The van der Waals surface area contributed by atoms with E-state index in [1.165, 1.54) is 0 Å². The predicted molar refractivity (Wildman–Crippen MR) is 33.8 cm³/mol. The molecule has 0 unspecified atom stereocenters. The molecule has 0 aromatic heterocycles. The fourth-order valence-corrected chi connectivity index (χ4v) is 0. The van der Waals surface area contributed by atoms with E-state index in [4.69, 9.17) is 9.79 Å². The maximum absolute atomic E-state index is 9.51. The van der Waals surface area contributed by atoms with E-state index < -0.39 is 7.82 Å². The van der Waals surface area contributed by atoms with Crippen LogP contribution in [0.25, 0.3) is 0 Å². The standard InChI is InChI=1S/Al.Mg.H3O4P.H2O.4H/c;;1-5(2,3)4;;;;;/h;;(H3,1,2,3,4);1H2;;;;/q+1;;;;;;;/p-1. The molecule has 48 valence electrons. The quantitative estimate of drug-likeness (QED) is 0.322. The summed E-state index contributed by atoms with van der Waals surface area (Å²) in [6.45, 7) is 0. The smallest absolute Gasteiger partial charge is 0.423 e. The Morgan fingerprint density at radius 3 is 1.62 bits per heavy atom. The van der Waals surface area contributed by atoms with Gasteiger partial charge < -0.3 is 18.8 Å². The summed E-state index contributed by atoms with van der Waals surface area (Å²) in [6.07, 6.45) is 0. The van der Waals surface area contributed by atoms with Crippen molar-refractivity contribution in [3.05, 3.63) is 0 Å². The summed E-state index contributed by atoms with van der Waals surface area (Å²) in [5, 5.41) is 0. The third-order valence-corrected chi connectivity index (χ3v) is 2.14. The summed E-state index contributed by atoms with van der Waals surface area (Å²) in [5.41, 5.74) is 0. The SMILES string of the molecule is O.O=P(O)(O)[O][AlH2].[MgH2]. The van der Waals surface area contributed by atoms with Crippen molar-refractivity contribution in [2.75, 3.05) is 0 Å². The molecular weight excluding hydrogens is 162 g/mol. The van der Waals surface area contributed by atoms with Gasteiger partial charge in [0, 0.05) is 0 Å². The molecule has 0 bridgehead atoms. The van der Waals surface area contributed by atoms with E-state index in [0.29, 0.717) is 0 Å². The Morgan fingerprint density at radius 1 is 1.50 bits per heavy atom. The molecule has 0 saturated heterocycles. The second-order valence-electron chi connectivity index (χ2n) is 0.673. The van der Waals surface area contributed by atoms with Crippen molar-refractivity contribution in [1.82, 2.24) is 0 Å². The molecule has 0 aliphatic rings. The first-order valence-corrected chi connectivity index (χ1v) is 3.52. The second-order valence-corrected chi connectivity index (χ2v) is 3.11. The molecule has 0 spiro atoms. The molecule has 5 nitrogen and oxygen atoms in total. The molecule has 4 N–H and O–H groups in total. The fourth-order valence-electron chi connectivity index (χ4n) is 0. The summed E-state index contributed by atoms with van der Waals surface area (Å²) >= 11 is 0.0849. The lowest BCUT2D eigenvalue weighted by molar-refractivity contribution is 0.292.